The lowest BCUT2D eigenvalue weighted by molar-refractivity contribution is 0.165. The third-order valence-electron chi connectivity index (χ3n) is 3.86. The molecule has 0 radical (unpaired) electrons. The molecule has 0 aromatic rings. The lowest BCUT2D eigenvalue weighted by atomic mass is 10.1. The minimum Gasteiger partial charge on any atom is -0.318 e. The van der Waals surface area contributed by atoms with Crippen LogP contribution in [-0.2, 0) is 0 Å². The fourth-order valence-electron chi connectivity index (χ4n) is 3.09. The van der Waals surface area contributed by atoms with Crippen LogP contribution in [0.4, 0.5) is 0 Å². The van der Waals surface area contributed by atoms with Gasteiger partial charge in [0.05, 0.1) is 0 Å². The smallest absolute Gasteiger partial charge is 0.0224 e. The Balaban J connectivity index is 1.94. The molecule has 0 aromatic heterocycles. The minimum absolute atomic E-state index is 0.807. The molecule has 2 aliphatic heterocycles. The Bertz CT molecular complexity index is 198. The Hall–Kier alpha value is 0.270. The van der Waals surface area contributed by atoms with Crippen LogP contribution in [0.1, 0.15) is 32.6 Å². The Morgan fingerprint density at radius 1 is 1.33 bits per heavy atom. The van der Waals surface area contributed by atoms with Crippen molar-refractivity contribution in [3.8, 4) is 0 Å². The molecule has 2 nitrogen and oxygen atoms in total. The van der Waals surface area contributed by atoms with Crippen LogP contribution in [0.5, 0.6) is 0 Å². The summed E-state index contributed by atoms with van der Waals surface area (Å²) in [6, 6.07) is 1.66. The summed E-state index contributed by atoms with van der Waals surface area (Å²) in [5.41, 5.74) is 0. The lowest BCUT2D eigenvalue weighted by Crippen LogP contribution is -2.48. The summed E-state index contributed by atoms with van der Waals surface area (Å²) in [5, 5.41) is 4.19. The topological polar surface area (TPSA) is 15.3 Å². The zero-order valence-electron chi connectivity index (χ0n) is 10.0. The van der Waals surface area contributed by atoms with Gasteiger partial charge in [0.25, 0.3) is 0 Å². The van der Waals surface area contributed by atoms with E-state index in [2.05, 4.69) is 35.9 Å². The Kier molecular flexibility index (Phi) is 4.35. The Morgan fingerprint density at radius 3 is 2.93 bits per heavy atom. The quantitative estimate of drug-likeness (QED) is 0.795. The third-order valence-corrected chi connectivity index (χ3v) is 5.22. The van der Waals surface area contributed by atoms with E-state index in [1.807, 2.05) is 0 Å². The molecule has 0 bridgehead atoms. The summed E-state index contributed by atoms with van der Waals surface area (Å²) in [4.78, 5) is 2.79. The maximum absolute atomic E-state index is 3.35. The zero-order valence-corrected chi connectivity index (χ0v) is 10.9. The summed E-state index contributed by atoms with van der Waals surface area (Å²) in [7, 11) is 2.08. The van der Waals surface area contributed by atoms with E-state index in [9.17, 15) is 0 Å². The highest BCUT2D eigenvalue weighted by molar-refractivity contribution is 7.99. The highest BCUT2D eigenvalue weighted by Crippen LogP contribution is 2.32. The molecule has 0 aliphatic carbocycles. The second-order valence-electron chi connectivity index (χ2n) is 4.88. The van der Waals surface area contributed by atoms with Crippen molar-refractivity contribution < 1.29 is 0 Å². The lowest BCUT2D eigenvalue weighted by Gasteiger charge is -2.39. The molecule has 2 saturated heterocycles. The van der Waals surface area contributed by atoms with Crippen molar-refractivity contribution in [2.45, 2.75) is 49.9 Å². The molecule has 3 unspecified atom stereocenters. The number of nitrogens with zero attached hydrogens (tertiary/aromatic N) is 1. The molecule has 0 saturated carbocycles. The third kappa shape index (κ3) is 2.69. The van der Waals surface area contributed by atoms with E-state index < -0.39 is 0 Å². The predicted octanol–water partition coefficient (Wildman–Crippen LogP) is 1.95. The van der Waals surface area contributed by atoms with Gasteiger partial charge in [0.15, 0.2) is 0 Å². The first-order valence-electron chi connectivity index (χ1n) is 6.35. The van der Waals surface area contributed by atoms with Crippen LogP contribution in [0.3, 0.4) is 0 Å². The van der Waals surface area contributed by atoms with Gasteiger partial charge in [-0.15, -0.1) is 0 Å². The molecule has 3 heteroatoms. The average molecular weight is 228 g/mol. The summed E-state index contributed by atoms with van der Waals surface area (Å²) < 4.78 is 0. The maximum atomic E-state index is 3.35. The van der Waals surface area contributed by atoms with Crippen molar-refractivity contribution in [2.75, 3.05) is 25.9 Å². The SMILES string of the molecule is CNCC1CCCN1C1CCCSC1C. The van der Waals surface area contributed by atoms with Crippen LogP contribution in [0.15, 0.2) is 0 Å². The van der Waals surface area contributed by atoms with Gasteiger partial charge in [0, 0.05) is 23.9 Å². The number of hydrogen-bond donors (Lipinski definition) is 1. The average Bonchev–Trinajstić information content (AvgIpc) is 2.67. The minimum atomic E-state index is 0.807. The first-order chi connectivity index (χ1) is 7.33. The molecule has 15 heavy (non-hydrogen) atoms. The molecule has 2 aliphatic rings. The van der Waals surface area contributed by atoms with Crippen LogP contribution in [0, 0.1) is 0 Å². The summed E-state index contributed by atoms with van der Waals surface area (Å²) in [6.07, 6.45) is 5.64. The van der Waals surface area contributed by atoms with Gasteiger partial charge >= 0.3 is 0 Å². The number of rotatable bonds is 3. The molecule has 0 spiro atoms. The Morgan fingerprint density at radius 2 is 2.20 bits per heavy atom. The number of thioether (sulfide) groups is 1. The monoisotopic (exact) mass is 228 g/mol. The largest absolute Gasteiger partial charge is 0.318 e. The molecule has 3 atom stereocenters. The number of nitrogens with one attached hydrogen (secondary N) is 1. The van der Waals surface area contributed by atoms with E-state index in [4.69, 9.17) is 0 Å². The van der Waals surface area contributed by atoms with Crippen LogP contribution >= 0.6 is 11.8 Å². The molecule has 2 rings (SSSR count). The second kappa shape index (κ2) is 5.55. The zero-order chi connectivity index (χ0) is 10.7. The summed E-state index contributed by atoms with van der Waals surface area (Å²) in [6.45, 7) is 4.93. The van der Waals surface area contributed by atoms with Crippen LogP contribution in [0.2, 0.25) is 0 Å². The van der Waals surface area contributed by atoms with E-state index in [0.29, 0.717) is 0 Å². The highest BCUT2D eigenvalue weighted by Gasteiger charge is 2.34. The maximum Gasteiger partial charge on any atom is 0.0224 e. The standard InChI is InChI=1S/C12H24N2S/c1-10-12(6-4-8-15-10)14-7-3-5-11(14)9-13-2/h10-13H,3-9H2,1-2H3. The first-order valence-corrected chi connectivity index (χ1v) is 7.39. The van der Waals surface area contributed by atoms with Crippen LogP contribution < -0.4 is 5.32 Å². The van der Waals surface area contributed by atoms with Gasteiger partial charge in [-0.1, -0.05) is 6.92 Å². The van der Waals surface area contributed by atoms with Crippen LogP contribution in [0.25, 0.3) is 0 Å². The van der Waals surface area contributed by atoms with Crippen molar-refractivity contribution >= 4 is 11.8 Å². The van der Waals surface area contributed by atoms with E-state index in [0.717, 1.165) is 17.3 Å². The molecule has 2 heterocycles. The normalized spacial score (nSPS) is 38.4. The number of likely N-dealkylation sites (tertiary alicyclic amines) is 1. The van der Waals surface area contributed by atoms with Crippen molar-refractivity contribution in [2.24, 2.45) is 0 Å². The first kappa shape index (κ1) is 11.7. The number of hydrogen-bond acceptors (Lipinski definition) is 3. The molecule has 0 aromatic carbocycles. The van der Waals surface area contributed by atoms with E-state index >= 15 is 0 Å². The summed E-state index contributed by atoms with van der Waals surface area (Å²) in [5.74, 6) is 1.38. The van der Waals surface area contributed by atoms with Crippen molar-refractivity contribution in [3.63, 3.8) is 0 Å². The van der Waals surface area contributed by atoms with Gasteiger partial charge in [0.2, 0.25) is 0 Å². The molecule has 0 amide bonds. The van der Waals surface area contributed by atoms with E-state index in [1.165, 1.54) is 44.5 Å². The second-order valence-corrected chi connectivity index (χ2v) is 6.36. The van der Waals surface area contributed by atoms with Crippen molar-refractivity contribution in [1.29, 1.82) is 0 Å². The van der Waals surface area contributed by atoms with Crippen molar-refractivity contribution in [1.82, 2.24) is 10.2 Å². The van der Waals surface area contributed by atoms with Gasteiger partial charge in [-0.3, -0.25) is 4.90 Å². The fourth-order valence-corrected chi connectivity index (χ4v) is 4.31. The Labute approximate surface area is 98.2 Å². The predicted molar refractivity (Wildman–Crippen MR) is 68.6 cm³/mol. The molecular weight excluding hydrogens is 204 g/mol. The van der Waals surface area contributed by atoms with Gasteiger partial charge in [-0.25, -0.2) is 0 Å². The van der Waals surface area contributed by atoms with E-state index in [-0.39, 0.29) is 0 Å². The van der Waals surface area contributed by atoms with Gasteiger partial charge in [-0.2, -0.15) is 11.8 Å². The molecule has 88 valence electrons. The van der Waals surface area contributed by atoms with Crippen LogP contribution in [-0.4, -0.2) is 48.1 Å². The number of likely N-dealkylation sites (N-methyl/N-ethyl adjacent to an activating group) is 1. The summed E-state index contributed by atoms with van der Waals surface area (Å²) >= 11 is 2.17. The highest BCUT2D eigenvalue weighted by atomic mass is 32.2. The van der Waals surface area contributed by atoms with Gasteiger partial charge in [0.1, 0.15) is 0 Å². The van der Waals surface area contributed by atoms with Crippen molar-refractivity contribution in [3.05, 3.63) is 0 Å². The molecule has 2 fully saturated rings. The molecular formula is C12H24N2S. The van der Waals surface area contributed by atoms with Gasteiger partial charge < -0.3 is 5.32 Å². The van der Waals surface area contributed by atoms with E-state index in [1.54, 1.807) is 0 Å². The van der Waals surface area contributed by atoms with Gasteiger partial charge in [-0.05, 0) is 45.0 Å². The molecule has 1 N–H and O–H groups in total. The fraction of sp³-hybridized carbons (Fsp3) is 1.00.